The lowest BCUT2D eigenvalue weighted by Crippen LogP contribution is -2.29. The number of benzene rings is 2. The van der Waals surface area contributed by atoms with Crippen molar-refractivity contribution in [2.75, 3.05) is 6.54 Å². The van der Waals surface area contributed by atoms with Crippen molar-refractivity contribution in [2.45, 2.75) is 19.8 Å². The monoisotopic (exact) mass is 299 g/mol. The fourth-order valence-corrected chi connectivity index (χ4v) is 2.02. The number of carbonyl (C=O) groups is 2. The standard InChI is InChI=1S/C18H18FNO2/c1-13-2-4-14(5-3-13)6-11-18(22)20-12-17(21)15-7-9-16(19)10-8-15/h2-5,7-10H,6,11-12H2,1H3,(H,20,22). The van der Waals surface area contributed by atoms with Gasteiger partial charge in [-0.05, 0) is 43.2 Å². The van der Waals surface area contributed by atoms with E-state index in [2.05, 4.69) is 5.32 Å². The Balaban J connectivity index is 1.76. The first-order valence-corrected chi connectivity index (χ1v) is 7.15. The summed E-state index contributed by atoms with van der Waals surface area (Å²) in [7, 11) is 0. The molecule has 2 aromatic carbocycles. The Labute approximate surface area is 129 Å². The number of ketones is 1. The van der Waals surface area contributed by atoms with Crippen molar-refractivity contribution in [3.05, 3.63) is 71.0 Å². The maximum Gasteiger partial charge on any atom is 0.220 e. The molecule has 1 N–H and O–H groups in total. The molecule has 0 unspecified atom stereocenters. The van der Waals surface area contributed by atoms with Crippen LogP contribution in [0.4, 0.5) is 4.39 Å². The molecule has 0 spiro atoms. The molecule has 0 aliphatic heterocycles. The molecule has 0 aliphatic rings. The van der Waals surface area contributed by atoms with E-state index in [4.69, 9.17) is 0 Å². The Morgan fingerprint density at radius 1 is 1.00 bits per heavy atom. The zero-order chi connectivity index (χ0) is 15.9. The van der Waals surface area contributed by atoms with E-state index in [0.717, 1.165) is 5.56 Å². The van der Waals surface area contributed by atoms with E-state index >= 15 is 0 Å². The van der Waals surface area contributed by atoms with Crippen LogP contribution in [0.5, 0.6) is 0 Å². The molecule has 0 aliphatic carbocycles. The van der Waals surface area contributed by atoms with E-state index in [-0.39, 0.29) is 18.2 Å². The van der Waals surface area contributed by atoms with Gasteiger partial charge in [-0.15, -0.1) is 0 Å². The van der Waals surface area contributed by atoms with Crippen molar-refractivity contribution < 1.29 is 14.0 Å². The molecule has 0 aromatic heterocycles. The molecule has 0 radical (unpaired) electrons. The maximum absolute atomic E-state index is 12.8. The second kappa shape index (κ2) is 7.50. The van der Waals surface area contributed by atoms with Crippen LogP contribution in [0.15, 0.2) is 48.5 Å². The minimum absolute atomic E-state index is 0.0711. The topological polar surface area (TPSA) is 46.2 Å². The van der Waals surface area contributed by atoms with Crippen LogP contribution in [0.2, 0.25) is 0 Å². The number of aryl methyl sites for hydroxylation is 2. The van der Waals surface area contributed by atoms with Gasteiger partial charge in [-0.25, -0.2) is 4.39 Å². The van der Waals surface area contributed by atoms with Gasteiger partial charge in [-0.2, -0.15) is 0 Å². The van der Waals surface area contributed by atoms with Crippen LogP contribution >= 0.6 is 0 Å². The smallest absolute Gasteiger partial charge is 0.220 e. The molecule has 22 heavy (non-hydrogen) atoms. The number of amides is 1. The van der Waals surface area contributed by atoms with Gasteiger partial charge in [0.1, 0.15) is 5.82 Å². The summed E-state index contributed by atoms with van der Waals surface area (Å²) in [5, 5.41) is 2.59. The van der Waals surface area contributed by atoms with Crippen LogP contribution < -0.4 is 5.32 Å². The molecule has 2 aromatic rings. The van der Waals surface area contributed by atoms with Crippen molar-refractivity contribution in [3.63, 3.8) is 0 Å². The average molecular weight is 299 g/mol. The fraction of sp³-hybridized carbons (Fsp3) is 0.222. The van der Waals surface area contributed by atoms with Crippen molar-refractivity contribution in [1.29, 1.82) is 0 Å². The number of hydrogen-bond acceptors (Lipinski definition) is 2. The number of hydrogen-bond donors (Lipinski definition) is 1. The highest BCUT2D eigenvalue weighted by molar-refractivity contribution is 5.99. The molecular formula is C18H18FNO2. The van der Waals surface area contributed by atoms with Crippen LogP contribution in [0.3, 0.4) is 0 Å². The third-order valence-corrected chi connectivity index (χ3v) is 3.37. The summed E-state index contributed by atoms with van der Waals surface area (Å²) < 4.78 is 12.8. The molecule has 0 atom stereocenters. The van der Waals surface area contributed by atoms with Gasteiger partial charge in [0.15, 0.2) is 5.78 Å². The lowest BCUT2D eigenvalue weighted by Gasteiger charge is -2.05. The highest BCUT2D eigenvalue weighted by Crippen LogP contribution is 2.06. The van der Waals surface area contributed by atoms with Gasteiger partial charge in [-0.3, -0.25) is 9.59 Å². The maximum atomic E-state index is 12.8. The van der Waals surface area contributed by atoms with E-state index in [1.54, 1.807) is 0 Å². The summed E-state index contributed by atoms with van der Waals surface area (Å²) in [6.45, 7) is 1.94. The summed E-state index contributed by atoms with van der Waals surface area (Å²) in [5.74, 6) is -0.793. The van der Waals surface area contributed by atoms with E-state index in [1.807, 2.05) is 31.2 Å². The van der Waals surface area contributed by atoms with Gasteiger partial charge in [0.25, 0.3) is 0 Å². The number of halogens is 1. The molecule has 0 saturated heterocycles. The van der Waals surface area contributed by atoms with Crippen molar-refractivity contribution in [3.8, 4) is 0 Å². The minimum Gasteiger partial charge on any atom is -0.349 e. The average Bonchev–Trinajstić information content (AvgIpc) is 2.52. The number of rotatable bonds is 6. The number of Topliss-reactive ketones (excluding diaryl/α,β-unsaturated/α-hetero) is 1. The van der Waals surface area contributed by atoms with Crippen LogP contribution in [-0.2, 0) is 11.2 Å². The summed E-state index contributed by atoms with van der Waals surface area (Å²) in [6.07, 6.45) is 0.969. The largest absolute Gasteiger partial charge is 0.349 e. The first-order chi connectivity index (χ1) is 10.5. The van der Waals surface area contributed by atoms with Crippen molar-refractivity contribution in [1.82, 2.24) is 5.32 Å². The van der Waals surface area contributed by atoms with Gasteiger partial charge < -0.3 is 5.32 Å². The molecule has 4 heteroatoms. The normalized spacial score (nSPS) is 10.3. The molecule has 0 fully saturated rings. The summed E-state index contributed by atoms with van der Waals surface area (Å²) in [5.41, 5.74) is 2.66. The Morgan fingerprint density at radius 2 is 1.64 bits per heavy atom. The molecule has 1 amide bonds. The molecule has 0 bridgehead atoms. The highest BCUT2D eigenvalue weighted by Gasteiger charge is 2.08. The zero-order valence-electron chi connectivity index (χ0n) is 12.4. The first kappa shape index (κ1) is 15.9. The van der Waals surface area contributed by atoms with Crippen molar-refractivity contribution >= 4 is 11.7 Å². The minimum atomic E-state index is -0.390. The van der Waals surface area contributed by atoms with E-state index < -0.39 is 5.82 Å². The lowest BCUT2D eigenvalue weighted by molar-refractivity contribution is -0.120. The van der Waals surface area contributed by atoms with E-state index in [1.165, 1.54) is 29.8 Å². The van der Waals surface area contributed by atoms with Gasteiger partial charge in [0.2, 0.25) is 5.91 Å². The summed E-state index contributed by atoms with van der Waals surface area (Å²) in [6, 6.07) is 13.3. The SMILES string of the molecule is Cc1ccc(CCC(=O)NCC(=O)c2ccc(F)cc2)cc1. The van der Waals surface area contributed by atoms with E-state index in [9.17, 15) is 14.0 Å². The van der Waals surface area contributed by atoms with Crippen LogP contribution in [0.25, 0.3) is 0 Å². The molecular weight excluding hydrogens is 281 g/mol. The molecule has 114 valence electrons. The molecule has 0 heterocycles. The summed E-state index contributed by atoms with van der Waals surface area (Å²) >= 11 is 0. The predicted octanol–water partition coefficient (Wildman–Crippen LogP) is 3.07. The van der Waals surface area contributed by atoms with Crippen LogP contribution in [-0.4, -0.2) is 18.2 Å². The Bertz CT molecular complexity index is 648. The van der Waals surface area contributed by atoms with Gasteiger partial charge >= 0.3 is 0 Å². The Kier molecular flexibility index (Phi) is 5.42. The Morgan fingerprint density at radius 3 is 2.27 bits per heavy atom. The number of nitrogens with one attached hydrogen (secondary N) is 1. The van der Waals surface area contributed by atoms with Gasteiger partial charge in [0, 0.05) is 12.0 Å². The predicted molar refractivity (Wildman–Crippen MR) is 83.2 cm³/mol. The lowest BCUT2D eigenvalue weighted by atomic mass is 10.1. The van der Waals surface area contributed by atoms with E-state index in [0.29, 0.717) is 18.4 Å². The Hall–Kier alpha value is -2.49. The third-order valence-electron chi connectivity index (χ3n) is 3.37. The molecule has 2 rings (SSSR count). The second-order valence-corrected chi connectivity index (χ2v) is 5.19. The summed E-state index contributed by atoms with van der Waals surface area (Å²) in [4.78, 5) is 23.6. The van der Waals surface area contributed by atoms with Gasteiger partial charge in [-0.1, -0.05) is 29.8 Å². The number of carbonyl (C=O) groups excluding carboxylic acids is 2. The molecule has 3 nitrogen and oxygen atoms in total. The first-order valence-electron chi connectivity index (χ1n) is 7.15. The fourth-order valence-electron chi connectivity index (χ4n) is 2.02. The highest BCUT2D eigenvalue weighted by atomic mass is 19.1. The van der Waals surface area contributed by atoms with Crippen LogP contribution in [0, 0.1) is 12.7 Å². The quantitative estimate of drug-likeness (QED) is 0.833. The van der Waals surface area contributed by atoms with Crippen LogP contribution in [0.1, 0.15) is 27.9 Å². The van der Waals surface area contributed by atoms with Crippen molar-refractivity contribution in [2.24, 2.45) is 0 Å². The second-order valence-electron chi connectivity index (χ2n) is 5.19. The van der Waals surface area contributed by atoms with Gasteiger partial charge in [0.05, 0.1) is 6.54 Å². The zero-order valence-corrected chi connectivity index (χ0v) is 12.4. The third kappa shape index (κ3) is 4.81. The molecule has 0 saturated carbocycles.